The van der Waals surface area contributed by atoms with Crippen LogP contribution in [0.5, 0.6) is 0 Å². The minimum absolute atomic E-state index is 0.456. The summed E-state index contributed by atoms with van der Waals surface area (Å²) in [6.45, 7) is 3.52. The van der Waals surface area contributed by atoms with Gasteiger partial charge in [0.15, 0.2) is 0 Å². The summed E-state index contributed by atoms with van der Waals surface area (Å²) in [6.07, 6.45) is -1.14. The van der Waals surface area contributed by atoms with Crippen LogP contribution in [0, 0.1) is 11.8 Å². The molecule has 0 radical (unpaired) electrons. The maximum atomic E-state index is 12.4. The largest absolute Gasteiger partial charge is 0.399 e. The molecule has 1 aliphatic rings. The van der Waals surface area contributed by atoms with Gasteiger partial charge in [-0.2, -0.15) is 0 Å². The number of nitrogens with zero attached hydrogens (tertiary/aromatic N) is 2. The zero-order valence-electron chi connectivity index (χ0n) is 17.8. The highest BCUT2D eigenvalue weighted by Crippen LogP contribution is 2.17. The van der Waals surface area contributed by atoms with Crippen LogP contribution in [0.3, 0.4) is 0 Å². The maximum Gasteiger partial charge on any atom is 0.318 e. The highest BCUT2D eigenvalue weighted by molar-refractivity contribution is 5.87. The second-order valence-electron chi connectivity index (χ2n) is 7.54. The Bertz CT molecular complexity index is 988. The monoisotopic (exact) mass is 437 g/mol. The SMILES string of the molecule is C[C@@H](O)[C@@H](NC(=O)N1CCN(c2ccc(C#Cc3ccc(N)cc3)cc2)CC1)C(=O)NO. The van der Waals surface area contributed by atoms with Gasteiger partial charge in [-0.25, -0.2) is 10.3 Å². The molecule has 2 aromatic rings. The van der Waals surface area contributed by atoms with Crippen molar-refractivity contribution >= 4 is 23.3 Å². The lowest BCUT2D eigenvalue weighted by molar-refractivity contribution is -0.133. The van der Waals surface area contributed by atoms with Crippen molar-refractivity contribution in [3.8, 4) is 11.8 Å². The third-order valence-corrected chi connectivity index (χ3v) is 5.22. The van der Waals surface area contributed by atoms with E-state index in [1.165, 1.54) is 12.4 Å². The minimum Gasteiger partial charge on any atom is -0.399 e. The number of aliphatic hydroxyl groups excluding tert-OH is 1. The number of nitrogen functional groups attached to an aromatic ring is 1. The molecule has 1 heterocycles. The number of aliphatic hydroxyl groups is 1. The van der Waals surface area contributed by atoms with E-state index in [4.69, 9.17) is 10.9 Å². The van der Waals surface area contributed by atoms with Gasteiger partial charge in [0, 0.05) is 48.7 Å². The molecule has 1 aliphatic heterocycles. The standard InChI is InChI=1S/C23H27N5O4/c1-16(29)21(22(30)26-32)25-23(31)28-14-12-27(13-15-28)20-10-6-18(7-11-20)3-2-17-4-8-19(24)9-5-17/h4-11,16,21,29,32H,12-15,24H2,1H3,(H,25,31)(H,26,30)/t16-,21-/m1/s1. The molecular formula is C23H27N5O4. The molecule has 9 nitrogen and oxygen atoms in total. The number of carbonyl (C=O) groups excluding carboxylic acids is 2. The van der Waals surface area contributed by atoms with E-state index in [1.807, 2.05) is 48.5 Å². The molecule has 3 rings (SSSR count). The molecule has 3 amide bonds. The van der Waals surface area contributed by atoms with E-state index in [9.17, 15) is 14.7 Å². The first-order valence-electron chi connectivity index (χ1n) is 10.3. The van der Waals surface area contributed by atoms with Gasteiger partial charge in [0.05, 0.1) is 6.10 Å². The number of piperazine rings is 1. The zero-order valence-corrected chi connectivity index (χ0v) is 17.8. The van der Waals surface area contributed by atoms with Gasteiger partial charge in [0.2, 0.25) is 0 Å². The van der Waals surface area contributed by atoms with E-state index in [-0.39, 0.29) is 0 Å². The molecule has 6 N–H and O–H groups in total. The van der Waals surface area contributed by atoms with Crippen molar-refractivity contribution in [2.24, 2.45) is 0 Å². The van der Waals surface area contributed by atoms with Crippen LogP contribution >= 0.6 is 0 Å². The number of hydrogen-bond donors (Lipinski definition) is 5. The summed E-state index contributed by atoms with van der Waals surface area (Å²) in [5.41, 5.74) is 10.7. The van der Waals surface area contributed by atoms with Crippen LogP contribution in [-0.2, 0) is 4.79 Å². The molecule has 0 bridgehead atoms. The molecule has 0 unspecified atom stereocenters. The normalized spacial score (nSPS) is 15.2. The van der Waals surface area contributed by atoms with E-state index in [1.54, 1.807) is 4.90 Å². The molecule has 1 fully saturated rings. The van der Waals surface area contributed by atoms with Crippen LogP contribution in [0.15, 0.2) is 48.5 Å². The Morgan fingerprint density at radius 3 is 2.00 bits per heavy atom. The Kier molecular flexibility index (Phi) is 7.54. The number of anilines is 2. The first-order chi connectivity index (χ1) is 15.4. The third-order valence-electron chi connectivity index (χ3n) is 5.22. The quantitative estimate of drug-likeness (QED) is 0.208. The fourth-order valence-corrected chi connectivity index (χ4v) is 3.33. The second-order valence-corrected chi connectivity index (χ2v) is 7.54. The Balaban J connectivity index is 1.54. The molecular weight excluding hydrogens is 410 g/mol. The van der Waals surface area contributed by atoms with Crippen LogP contribution < -0.4 is 21.4 Å². The summed E-state index contributed by atoms with van der Waals surface area (Å²) in [5.74, 6) is 5.37. The van der Waals surface area contributed by atoms with Gasteiger partial charge in [-0.15, -0.1) is 0 Å². The maximum absolute atomic E-state index is 12.4. The smallest absolute Gasteiger partial charge is 0.318 e. The molecule has 168 valence electrons. The summed E-state index contributed by atoms with van der Waals surface area (Å²) in [4.78, 5) is 27.8. The molecule has 0 aromatic heterocycles. The summed E-state index contributed by atoms with van der Waals surface area (Å²) < 4.78 is 0. The zero-order chi connectivity index (χ0) is 23.1. The molecule has 2 atom stereocenters. The van der Waals surface area contributed by atoms with Gasteiger partial charge in [-0.1, -0.05) is 11.8 Å². The molecule has 0 aliphatic carbocycles. The number of hydrogen-bond acceptors (Lipinski definition) is 6. The predicted molar refractivity (Wildman–Crippen MR) is 121 cm³/mol. The fraction of sp³-hybridized carbons (Fsp3) is 0.304. The van der Waals surface area contributed by atoms with Gasteiger partial charge in [-0.05, 0) is 55.5 Å². The third kappa shape index (κ3) is 5.91. The average Bonchev–Trinajstić information content (AvgIpc) is 2.82. The lowest BCUT2D eigenvalue weighted by atomic mass is 10.1. The number of rotatable bonds is 4. The summed E-state index contributed by atoms with van der Waals surface area (Å²) >= 11 is 0. The number of benzene rings is 2. The van der Waals surface area contributed by atoms with E-state index in [0.29, 0.717) is 31.9 Å². The Morgan fingerprint density at radius 1 is 0.969 bits per heavy atom. The summed E-state index contributed by atoms with van der Waals surface area (Å²) in [6, 6.07) is 13.6. The van der Waals surface area contributed by atoms with Crippen LogP contribution in [0.4, 0.5) is 16.2 Å². The lowest BCUT2D eigenvalue weighted by Crippen LogP contribution is -2.58. The van der Waals surface area contributed by atoms with Gasteiger partial charge in [0.25, 0.3) is 5.91 Å². The highest BCUT2D eigenvalue weighted by Gasteiger charge is 2.29. The van der Waals surface area contributed by atoms with Gasteiger partial charge in [0.1, 0.15) is 6.04 Å². The molecule has 1 saturated heterocycles. The number of nitrogens with one attached hydrogen (secondary N) is 2. The van der Waals surface area contributed by atoms with Crippen molar-refractivity contribution in [1.29, 1.82) is 0 Å². The Labute approximate surface area is 186 Å². The highest BCUT2D eigenvalue weighted by atomic mass is 16.5. The molecule has 32 heavy (non-hydrogen) atoms. The number of amides is 3. The number of urea groups is 1. The van der Waals surface area contributed by atoms with Gasteiger partial charge in [-0.3, -0.25) is 10.0 Å². The van der Waals surface area contributed by atoms with E-state index in [0.717, 1.165) is 16.8 Å². The van der Waals surface area contributed by atoms with Crippen molar-refractivity contribution in [3.05, 3.63) is 59.7 Å². The minimum atomic E-state index is -1.23. The fourth-order valence-electron chi connectivity index (χ4n) is 3.33. The van der Waals surface area contributed by atoms with E-state index < -0.39 is 24.1 Å². The van der Waals surface area contributed by atoms with E-state index in [2.05, 4.69) is 22.1 Å². The van der Waals surface area contributed by atoms with Crippen molar-refractivity contribution in [1.82, 2.24) is 15.7 Å². The molecule has 2 aromatic carbocycles. The van der Waals surface area contributed by atoms with Crippen LogP contribution in [-0.4, -0.2) is 65.5 Å². The number of hydroxylamine groups is 1. The molecule has 9 heteroatoms. The number of carbonyl (C=O) groups is 2. The summed E-state index contributed by atoms with van der Waals surface area (Å²) in [5, 5.41) is 20.9. The first-order valence-corrected chi connectivity index (χ1v) is 10.3. The van der Waals surface area contributed by atoms with Gasteiger partial charge < -0.3 is 26.0 Å². The Hall–Kier alpha value is -3.74. The predicted octanol–water partition coefficient (Wildman–Crippen LogP) is 0.755. The van der Waals surface area contributed by atoms with Crippen LogP contribution in [0.25, 0.3) is 0 Å². The second kappa shape index (κ2) is 10.5. The first kappa shape index (κ1) is 22.9. The molecule has 0 saturated carbocycles. The van der Waals surface area contributed by atoms with E-state index >= 15 is 0 Å². The number of nitrogens with two attached hydrogens (primary N) is 1. The van der Waals surface area contributed by atoms with Crippen LogP contribution in [0.1, 0.15) is 18.1 Å². The summed E-state index contributed by atoms with van der Waals surface area (Å²) in [7, 11) is 0. The van der Waals surface area contributed by atoms with Gasteiger partial charge >= 0.3 is 6.03 Å². The van der Waals surface area contributed by atoms with Crippen molar-refractivity contribution in [3.63, 3.8) is 0 Å². The lowest BCUT2D eigenvalue weighted by Gasteiger charge is -2.36. The molecule has 0 spiro atoms. The van der Waals surface area contributed by atoms with Crippen molar-refractivity contribution in [2.75, 3.05) is 36.8 Å². The topological polar surface area (TPSA) is 131 Å². The van der Waals surface area contributed by atoms with Crippen LogP contribution in [0.2, 0.25) is 0 Å². The van der Waals surface area contributed by atoms with Crippen molar-refractivity contribution < 1.29 is 19.9 Å². The van der Waals surface area contributed by atoms with Crippen molar-refractivity contribution in [2.45, 2.75) is 19.1 Å². The average molecular weight is 438 g/mol. The Morgan fingerprint density at radius 2 is 1.50 bits per heavy atom.